The summed E-state index contributed by atoms with van der Waals surface area (Å²) in [6.45, 7) is 1.81. The summed E-state index contributed by atoms with van der Waals surface area (Å²) in [6.07, 6.45) is 2.51. The van der Waals surface area contributed by atoms with Crippen molar-refractivity contribution < 1.29 is 9.53 Å². The lowest BCUT2D eigenvalue weighted by atomic mass is 9.85. The minimum Gasteiger partial charge on any atom is -0.468 e. The number of hydrogen-bond acceptors (Lipinski definition) is 4. The first-order chi connectivity index (χ1) is 6.71. The van der Waals surface area contributed by atoms with E-state index in [9.17, 15) is 4.79 Å². The lowest BCUT2D eigenvalue weighted by molar-refractivity contribution is -0.146. The van der Waals surface area contributed by atoms with E-state index in [1.807, 2.05) is 0 Å². The molecule has 4 heteroatoms. The molecule has 0 aromatic carbocycles. The first-order valence-electron chi connectivity index (χ1n) is 4.91. The number of ether oxygens (including phenoxy) is 1. The molecule has 4 nitrogen and oxygen atoms in total. The molecule has 0 radical (unpaired) electrons. The van der Waals surface area contributed by atoms with Crippen molar-refractivity contribution >= 4 is 5.97 Å². The van der Waals surface area contributed by atoms with Crippen LogP contribution in [0.2, 0.25) is 0 Å². The van der Waals surface area contributed by atoms with Gasteiger partial charge in [-0.3, -0.25) is 4.79 Å². The van der Waals surface area contributed by atoms with Gasteiger partial charge in [-0.25, -0.2) is 0 Å². The smallest absolute Gasteiger partial charge is 0.326 e. The Morgan fingerprint density at radius 3 is 2.64 bits per heavy atom. The van der Waals surface area contributed by atoms with E-state index >= 15 is 0 Å². The van der Waals surface area contributed by atoms with Crippen molar-refractivity contribution in [3.8, 4) is 6.07 Å². The molecule has 76 valence electrons. The van der Waals surface area contributed by atoms with E-state index in [1.54, 1.807) is 0 Å². The van der Waals surface area contributed by atoms with Crippen LogP contribution in [0.3, 0.4) is 0 Å². The van der Waals surface area contributed by atoms with Crippen molar-refractivity contribution in [2.24, 2.45) is 10.8 Å². The monoisotopic (exact) mass is 194 g/mol. The quantitative estimate of drug-likeness (QED) is 0.615. The van der Waals surface area contributed by atoms with E-state index in [1.165, 1.54) is 7.11 Å². The summed E-state index contributed by atoms with van der Waals surface area (Å²) in [4.78, 5) is 11.5. The van der Waals surface area contributed by atoms with Gasteiger partial charge in [-0.05, 0) is 32.4 Å². The van der Waals surface area contributed by atoms with E-state index in [-0.39, 0.29) is 11.4 Å². The fourth-order valence-corrected chi connectivity index (χ4v) is 2.64. The molecule has 1 atom stereocenters. The number of esters is 1. The third-order valence-electron chi connectivity index (χ3n) is 3.67. The zero-order valence-corrected chi connectivity index (χ0v) is 8.30. The van der Waals surface area contributed by atoms with Crippen LogP contribution in [-0.4, -0.2) is 26.2 Å². The number of piperidine rings is 1. The van der Waals surface area contributed by atoms with Gasteiger partial charge in [0.1, 0.15) is 0 Å². The molecule has 2 fully saturated rings. The number of rotatable bonds is 1. The first-order valence-corrected chi connectivity index (χ1v) is 4.91. The van der Waals surface area contributed by atoms with Gasteiger partial charge in [0, 0.05) is 5.41 Å². The molecular formula is C10H14N2O2. The third-order valence-corrected chi connectivity index (χ3v) is 3.67. The maximum Gasteiger partial charge on any atom is 0.326 e. The lowest BCUT2D eigenvalue weighted by Gasteiger charge is -2.24. The van der Waals surface area contributed by atoms with Crippen LogP contribution in [0.25, 0.3) is 0 Å². The Hall–Kier alpha value is -1.08. The Morgan fingerprint density at radius 1 is 1.50 bits per heavy atom. The Kier molecular flexibility index (Phi) is 2.00. The van der Waals surface area contributed by atoms with Crippen LogP contribution in [0.15, 0.2) is 0 Å². The number of carbonyl (C=O) groups excluding carboxylic acids is 1. The maximum absolute atomic E-state index is 11.5. The molecule has 1 N–H and O–H groups in total. The summed E-state index contributed by atoms with van der Waals surface area (Å²) in [5, 5.41) is 12.3. The predicted molar refractivity (Wildman–Crippen MR) is 49.2 cm³/mol. The molecule has 0 bridgehead atoms. The standard InChI is InChI=1S/C10H14N2O2/c1-14-8(13)10(7-11)6-9(10)2-4-12-5-3-9/h12H,2-6H2,1H3. The number of nitriles is 1. The topological polar surface area (TPSA) is 62.1 Å². The summed E-state index contributed by atoms with van der Waals surface area (Å²) in [5.41, 5.74) is -0.913. The van der Waals surface area contributed by atoms with Crippen molar-refractivity contribution in [3.05, 3.63) is 0 Å². The molecule has 0 aromatic heterocycles. The minimum absolute atomic E-state index is 0.0832. The van der Waals surface area contributed by atoms with Crippen molar-refractivity contribution in [1.82, 2.24) is 5.32 Å². The second-order valence-electron chi connectivity index (χ2n) is 4.22. The molecular weight excluding hydrogens is 180 g/mol. The third kappa shape index (κ3) is 0.992. The number of carbonyl (C=O) groups is 1. The molecule has 14 heavy (non-hydrogen) atoms. The largest absolute Gasteiger partial charge is 0.468 e. The fourth-order valence-electron chi connectivity index (χ4n) is 2.64. The van der Waals surface area contributed by atoms with Crippen molar-refractivity contribution in [1.29, 1.82) is 5.26 Å². The molecule has 1 unspecified atom stereocenters. The molecule has 2 rings (SSSR count). The van der Waals surface area contributed by atoms with E-state index < -0.39 is 5.41 Å². The van der Waals surface area contributed by atoms with Crippen molar-refractivity contribution in [3.63, 3.8) is 0 Å². The van der Waals surface area contributed by atoms with Crippen LogP contribution < -0.4 is 5.32 Å². The average molecular weight is 194 g/mol. The zero-order valence-electron chi connectivity index (χ0n) is 8.30. The molecule has 2 aliphatic rings. The number of nitrogens with zero attached hydrogens (tertiary/aromatic N) is 1. The second kappa shape index (κ2) is 2.96. The highest BCUT2D eigenvalue weighted by atomic mass is 16.5. The summed E-state index contributed by atoms with van der Waals surface area (Å²) < 4.78 is 4.71. The molecule has 1 heterocycles. The highest BCUT2D eigenvalue weighted by Gasteiger charge is 2.73. The predicted octanol–water partition coefficient (Wildman–Crippen LogP) is 0.443. The van der Waals surface area contributed by atoms with Gasteiger partial charge in [-0.1, -0.05) is 0 Å². The average Bonchev–Trinajstić information content (AvgIpc) is 2.87. The number of hydrogen-bond donors (Lipinski definition) is 1. The molecule has 1 saturated heterocycles. The Morgan fingerprint density at radius 2 is 2.14 bits per heavy atom. The van der Waals surface area contributed by atoms with Crippen LogP contribution in [0.1, 0.15) is 19.3 Å². The molecule has 0 amide bonds. The van der Waals surface area contributed by atoms with Gasteiger partial charge in [0.05, 0.1) is 13.2 Å². The number of nitrogens with one attached hydrogen (secondary N) is 1. The van der Waals surface area contributed by atoms with Gasteiger partial charge >= 0.3 is 5.97 Å². The van der Waals surface area contributed by atoms with Crippen LogP contribution in [0.4, 0.5) is 0 Å². The van der Waals surface area contributed by atoms with Crippen LogP contribution >= 0.6 is 0 Å². The Balaban J connectivity index is 2.19. The second-order valence-corrected chi connectivity index (χ2v) is 4.22. The Labute approximate surface area is 83.2 Å². The summed E-state index contributed by atoms with van der Waals surface area (Å²) >= 11 is 0. The van der Waals surface area contributed by atoms with Gasteiger partial charge in [0.2, 0.25) is 0 Å². The van der Waals surface area contributed by atoms with Gasteiger partial charge in [0.25, 0.3) is 0 Å². The van der Waals surface area contributed by atoms with Gasteiger partial charge in [-0.2, -0.15) is 5.26 Å². The van der Waals surface area contributed by atoms with Crippen LogP contribution in [0, 0.1) is 22.2 Å². The molecule has 0 aromatic rings. The summed E-state index contributed by atoms with van der Waals surface area (Å²) in [5.74, 6) is -0.345. The van der Waals surface area contributed by atoms with E-state index in [2.05, 4.69) is 11.4 Å². The highest BCUT2D eigenvalue weighted by molar-refractivity contribution is 5.85. The van der Waals surface area contributed by atoms with Gasteiger partial charge in [-0.15, -0.1) is 0 Å². The van der Waals surface area contributed by atoms with Gasteiger partial charge in [0.15, 0.2) is 5.41 Å². The van der Waals surface area contributed by atoms with Crippen LogP contribution in [-0.2, 0) is 9.53 Å². The highest BCUT2D eigenvalue weighted by Crippen LogP contribution is 2.68. The first kappa shape index (κ1) is 9.47. The maximum atomic E-state index is 11.5. The van der Waals surface area contributed by atoms with Crippen molar-refractivity contribution in [2.45, 2.75) is 19.3 Å². The summed E-state index contributed by atoms with van der Waals surface area (Å²) in [6, 6.07) is 2.16. The molecule has 1 saturated carbocycles. The van der Waals surface area contributed by atoms with Gasteiger partial charge < -0.3 is 10.1 Å². The lowest BCUT2D eigenvalue weighted by Crippen LogP contribution is -2.34. The summed E-state index contributed by atoms with van der Waals surface area (Å²) in [7, 11) is 1.36. The van der Waals surface area contributed by atoms with Crippen molar-refractivity contribution in [2.75, 3.05) is 20.2 Å². The van der Waals surface area contributed by atoms with E-state index in [0.717, 1.165) is 25.9 Å². The fraction of sp³-hybridized carbons (Fsp3) is 0.800. The minimum atomic E-state index is -0.830. The molecule has 1 aliphatic heterocycles. The normalized spacial score (nSPS) is 33.4. The van der Waals surface area contributed by atoms with E-state index in [0.29, 0.717) is 6.42 Å². The van der Waals surface area contributed by atoms with E-state index in [4.69, 9.17) is 10.00 Å². The SMILES string of the molecule is COC(=O)C1(C#N)CC12CCNCC2. The molecule has 1 aliphatic carbocycles. The zero-order chi connectivity index (χ0) is 10.2. The number of methoxy groups -OCH3 is 1. The Bertz CT molecular complexity index is 302. The van der Waals surface area contributed by atoms with Crippen LogP contribution in [0.5, 0.6) is 0 Å². The molecule has 1 spiro atoms.